The number of rotatable bonds is 8. The van der Waals surface area contributed by atoms with Gasteiger partial charge in [-0.25, -0.2) is 8.51 Å². The number of nitrogens with zero attached hydrogens (tertiary/aromatic N) is 4. The third kappa shape index (κ3) is 4.36. The monoisotopic (exact) mass is 460 g/mol. The second kappa shape index (κ2) is 8.52. The number of halogens is 1. The van der Waals surface area contributed by atoms with Crippen LogP contribution in [0.3, 0.4) is 0 Å². The van der Waals surface area contributed by atoms with Crippen LogP contribution in [0.4, 0.5) is 11.4 Å². The van der Waals surface area contributed by atoms with Crippen LogP contribution in [-0.4, -0.2) is 51.3 Å². The summed E-state index contributed by atoms with van der Waals surface area (Å²) in [4.78, 5) is 20.5. The largest absolute Gasteiger partial charge is 0.368 e. The fourth-order valence-electron chi connectivity index (χ4n) is 4.14. The van der Waals surface area contributed by atoms with Crippen molar-refractivity contribution < 1.29 is 9.00 Å². The molecule has 0 N–H and O–H groups in total. The van der Waals surface area contributed by atoms with Gasteiger partial charge in [0.05, 0.1) is 46.3 Å². The van der Waals surface area contributed by atoms with Crippen LogP contribution in [0.15, 0.2) is 36.7 Å². The first kappa shape index (κ1) is 22.2. The van der Waals surface area contributed by atoms with Crippen molar-refractivity contribution in [2.75, 3.05) is 29.9 Å². The SMILES string of the molecule is Cc1ccc(Cl)cc1C(C)(C)N(C=O)c1cncc(N(C)C2CN(S(=O)C3CC3)C2)c1. The van der Waals surface area contributed by atoms with Crippen LogP contribution >= 0.6 is 11.6 Å². The first-order valence-corrected chi connectivity index (χ1v) is 12.1. The molecule has 4 rings (SSSR count). The molecule has 2 aromatic rings. The molecule has 0 bridgehead atoms. The smallest absolute Gasteiger partial charge is 0.214 e. The third-order valence-electron chi connectivity index (χ3n) is 6.40. The van der Waals surface area contributed by atoms with Gasteiger partial charge in [-0.1, -0.05) is 17.7 Å². The highest BCUT2D eigenvalue weighted by atomic mass is 35.5. The van der Waals surface area contributed by atoms with E-state index < -0.39 is 16.5 Å². The highest BCUT2D eigenvalue weighted by molar-refractivity contribution is 7.83. The molecule has 1 saturated carbocycles. The Balaban J connectivity index is 1.54. The van der Waals surface area contributed by atoms with E-state index in [2.05, 4.69) is 14.2 Å². The predicted octanol–water partition coefficient (Wildman–Crippen LogP) is 3.89. The Bertz CT molecular complexity index is 1000. The Morgan fingerprint density at radius 2 is 1.87 bits per heavy atom. The molecule has 1 atom stereocenters. The van der Waals surface area contributed by atoms with E-state index in [0.29, 0.717) is 10.3 Å². The minimum Gasteiger partial charge on any atom is -0.368 e. The van der Waals surface area contributed by atoms with Crippen LogP contribution in [0, 0.1) is 6.92 Å². The van der Waals surface area contributed by atoms with E-state index in [0.717, 1.165) is 54.8 Å². The molecule has 6 nitrogen and oxygen atoms in total. The average Bonchev–Trinajstić information content (AvgIpc) is 3.54. The quantitative estimate of drug-likeness (QED) is 0.561. The summed E-state index contributed by atoms with van der Waals surface area (Å²) in [7, 11) is 1.19. The van der Waals surface area contributed by atoms with Crippen LogP contribution in [0.2, 0.25) is 5.02 Å². The van der Waals surface area contributed by atoms with Gasteiger partial charge >= 0.3 is 0 Å². The highest BCUT2D eigenvalue weighted by Crippen LogP contribution is 2.36. The Hall–Kier alpha value is -1.96. The molecule has 0 spiro atoms. The predicted molar refractivity (Wildman–Crippen MR) is 127 cm³/mol. The highest BCUT2D eigenvalue weighted by Gasteiger charge is 2.40. The molecule has 2 aliphatic rings. The van der Waals surface area contributed by atoms with Crippen molar-refractivity contribution in [1.82, 2.24) is 9.29 Å². The number of pyridine rings is 1. The van der Waals surface area contributed by atoms with Crippen molar-refractivity contribution in [3.63, 3.8) is 0 Å². The lowest BCUT2D eigenvalue weighted by Crippen LogP contribution is -2.59. The van der Waals surface area contributed by atoms with E-state index >= 15 is 0 Å². The molecule has 1 aromatic heterocycles. The van der Waals surface area contributed by atoms with Gasteiger partial charge in [0.15, 0.2) is 0 Å². The van der Waals surface area contributed by atoms with Gasteiger partial charge in [0.2, 0.25) is 6.41 Å². The molecule has 1 aliphatic carbocycles. The number of likely N-dealkylation sites (N-methyl/N-ethyl adjacent to an activating group) is 1. The van der Waals surface area contributed by atoms with Crippen molar-refractivity contribution in [1.29, 1.82) is 0 Å². The van der Waals surface area contributed by atoms with E-state index in [9.17, 15) is 9.00 Å². The number of amides is 1. The summed E-state index contributed by atoms with van der Waals surface area (Å²) in [5, 5.41) is 1.01. The van der Waals surface area contributed by atoms with Crippen molar-refractivity contribution >= 4 is 40.4 Å². The van der Waals surface area contributed by atoms with Gasteiger partial charge < -0.3 is 9.80 Å². The van der Waals surface area contributed by atoms with Crippen molar-refractivity contribution in [3.8, 4) is 0 Å². The van der Waals surface area contributed by atoms with Crippen LogP contribution in [0.1, 0.15) is 37.8 Å². The molecule has 0 radical (unpaired) electrons. The summed E-state index contributed by atoms with van der Waals surface area (Å²) in [6, 6.07) is 8.02. The number of anilines is 2. The van der Waals surface area contributed by atoms with Gasteiger partial charge in [-0.15, -0.1) is 0 Å². The second-order valence-electron chi connectivity index (χ2n) is 8.98. The minimum atomic E-state index is -0.837. The number of carbonyl (C=O) groups is 1. The Kier molecular flexibility index (Phi) is 6.12. The van der Waals surface area contributed by atoms with E-state index in [-0.39, 0.29) is 6.04 Å². The lowest BCUT2D eigenvalue weighted by atomic mass is 9.88. The molecule has 1 aliphatic heterocycles. The minimum absolute atomic E-state index is 0.285. The van der Waals surface area contributed by atoms with Gasteiger partial charge in [0, 0.05) is 30.4 Å². The fourth-order valence-corrected chi connectivity index (χ4v) is 5.91. The van der Waals surface area contributed by atoms with Crippen LogP contribution in [-0.2, 0) is 21.3 Å². The third-order valence-corrected chi connectivity index (χ3v) is 8.49. The van der Waals surface area contributed by atoms with Gasteiger partial charge in [0.1, 0.15) is 0 Å². The molecular formula is C23H29ClN4O2S. The summed E-state index contributed by atoms with van der Waals surface area (Å²) in [5.41, 5.74) is 3.11. The molecule has 166 valence electrons. The zero-order valence-electron chi connectivity index (χ0n) is 18.4. The number of carbonyl (C=O) groups excluding carboxylic acids is 1. The number of benzene rings is 1. The summed E-state index contributed by atoms with van der Waals surface area (Å²) in [6.07, 6.45) is 6.54. The Labute approximate surface area is 191 Å². The summed E-state index contributed by atoms with van der Waals surface area (Å²) in [5.74, 6) is 0. The summed E-state index contributed by atoms with van der Waals surface area (Å²) >= 11 is 6.25. The van der Waals surface area contributed by atoms with Crippen molar-refractivity contribution in [2.45, 2.75) is 50.4 Å². The standard InChI is InChI=1S/C23H29ClN4O2S/c1-16-5-6-17(24)9-22(16)23(2,3)28(15-29)19-10-18(11-25-12-19)26(4)20-13-27(14-20)31(30)21-7-8-21/h5-6,9-12,15,20-21H,7-8,13-14H2,1-4H3. The number of aryl methyl sites for hydroxylation is 1. The molecule has 2 heterocycles. The van der Waals surface area contributed by atoms with Crippen LogP contribution in [0.5, 0.6) is 0 Å². The van der Waals surface area contributed by atoms with Crippen molar-refractivity contribution in [3.05, 3.63) is 52.8 Å². The average molecular weight is 461 g/mol. The van der Waals surface area contributed by atoms with Crippen LogP contribution < -0.4 is 9.80 Å². The molecule has 1 unspecified atom stereocenters. The maximum atomic E-state index is 12.3. The van der Waals surface area contributed by atoms with E-state index in [1.807, 2.05) is 58.3 Å². The molecule has 31 heavy (non-hydrogen) atoms. The van der Waals surface area contributed by atoms with E-state index in [1.54, 1.807) is 11.1 Å². The van der Waals surface area contributed by atoms with Gasteiger partial charge in [0.25, 0.3) is 0 Å². The summed E-state index contributed by atoms with van der Waals surface area (Å²) in [6.45, 7) is 7.61. The van der Waals surface area contributed by atoms with E-state index in [1.165, 1.54) is 0 Å². The normalized spacial score (nSPS) is 18.4. The van der Waals surface area contributed by atoms with Crippen LogP contribution in [0.25, 0.3) is 0 Å². The molecule has 2 fully saturated rings. The number of hydrogen-bond donors (Lipinski definition) is 0. The topological polar surface area (TPSA) is 56.8 Å². The Morgan fingerprint density at radius 1 is 1.19 bits per heavy atom. The van der Waals surface area contributed by atoms with Gasteiger partial charge in [-0.2, -0.15) is 0 Å². The lowest BCUT2D eigenvalue weighted by Gasteiger charge is -2.44. The molecule has 8 heteroatoms. The Morgan fingerprint density at radius 3 is 2.52 bits per heavy atom. The van der Waals surface area contributed by atoms with Gasteiger partial charge in [-0.3, -0.25) is 9.78 Å². The maximum absolute atomic E-state index is 12.3. The zero-order valence-corrected chi connectivity index (χ0v) is 20.0. The molecule has 1 amide bonds. The van der Waals surface area contributed by atoms with Crippen molar-refractivity contribution in [2.24, 2.45) is 0 Å². The van der Waals surface area contributed by atoms with E-state index in [4.69, 9.17) is 11.6 Å². The first-order valence-electron chi connectivity index (χ1n) is 10.6. The first-order chi connectivity index (χ1) is 14.7. The number of hydrogen-bond acceptors (Lipinski definition) is 4. The zero-order chi connectivity index (χ0) is 22.3. The molecule has 1 saturated heterocycles. The van der Waals surface area contributed by atoms with Gasteiger partial charge in [-0.05, 0) is 62.9 Å². The fraction of sp³-hybridized carbons (Fsp3) is 0.478. The summed E-state index contributed by atoms with van der Waals surface area (Å²) < 4.78 is 14.4. The second-order valence-corrected chi connectivity index (χ2v) is 11.2. The number of aromatic nitrogens is 1. The molecule has 1 aromatic carbocycles. The lowest BCUT2D eigenvalue weighted by molar-refractivity contribution is -0.108. The maximum Gasteiger partial charge on any atom is 0.214 e. The molecular weight excluding hydrogens is 432 g/mol.